The van der Waals surface area contributed by atoms with E-state index in [2.05, 4.69) is 30.9 Å². The molecule has 0 aliphatic carbocycles. The van der Waals surface area contributed by atoms with E-state index in [1.54, 1.807) is 38.3 Å². The first-order valence-electron chi connectivity index (χ1n) is 10.6. The fourth-order valence-electron chi connectivity index (χ4n) is 3.79. The zero-order valence-corrected chi connectivity index (χ0v) is 18.6. The maximum absolute atomic E-state index is 14.2. The molecule has 0 unspecified atom stereocenters. The van der Waals surface area contributed by atoms with Gasteiger partial charge in [-0.25, -0.2) is 15.1 Å². The largest absolute Gasteiger partial charge is 0.434 e. The van der Waals surface area contributed by atoms with Crippen molar-refractivity contribution in [1.29, 1.82) is 5.26 Å². The van der Waals surface area contributed by atoms with Gasteiger partial charge in [-0.15, -0.1) is 0 Å². The van der Waals surface area contributed by atoms with Crippen molar-refractivity contribution in [3.05, 3.63) is 65.6 Å². The van der Waals surface area contributed by atoms with Crippen molar-refractivity contribution in [3.63, 3.8) is 0 Å². The summed E-state index contributed by atoms with van der Waals surface area (Å²) in [6.07, 6.45) is -1.25. The molecule has 14 heteroatoms. The number of benzene rings is 1. The van der Waals surface area contributed by atoms with E-state index in [-0.39, 0.29) is 22.8 Å². The maximum Gasteiger partial charge on any atom is 0.434 e. The van der Waals surface area contributed by atoms with Gasteiger partial charge in [0.05, 0.1) is 41.4 Å². The van der Waals surface area contributed by atoms with Gasteiger partial charge in [0.2, 0.25) is 0 Å². The number of nitrogens with one attached hydrogen (secondary N) is 2. The van der Waals surface area contributed by atoms with E-state index in [9.17, 15) is 23.2 Å². The van der Waals surface area contributed by atoms with Crippen LogP contribution in [0.5, 0.6) is 0 Å². The highest BCUT2D eigenvalue weighted by atomic mass is 19.4. The average molecular weight is 489 g/mol. The highest BCUT2D eigenvalue weighted by molar-refractivity contribution is 6.31. The van der Waals surface area contributed by atoms with Gasteiger partial charge in [0, 0.05) is 11.6 Å². The molecule has 1 aromatic carbocycles. The van der Waals surface area contributed by atoms with Crippen LogP contribution in [0.3, 0.4) is 0 Å². The summed E-state index contributed by atoms with van der Waals surface area (Å²) >= 11 is 0. The quantitative estimate of drug-likeness (QED) is 0.417. The van der Waals surface area contributed by atoms with Gasteiger partial charge in [-0.05, 0) is 29.9 Å². The smallest absolute Gasteiger partial charge is 0.320 e. The zero-order valence-electron chi connectivity index (χ0n) is 18.6. The van der Waals surface area contributed by atoms with Crippen LogP contribution in [0.4, 0.5) is 24.7 Å². The third-order valence-electron chi connectivity index (χ3n) is 5.33. The van der Waals surface area contributed by atoms with Crippen molar-refractivity contribution < 1.29 is 18.0 Å². The number of fused-ring (bicyclic) bond motifs is 1. The minimum Gasteiger partial charge on any atom is -0.320 e. The lowest BCUT2D eigenvalue weighted by molar-refractivity contribution is -0.143. The summed E-state index contributed by atoms with van der Waals surface area (Å²) in [5.41, 5.74) is 2.36. The number of pyridine rings is 2. The van der Waals surface area contributed by atoms with Crippen molar-refractivity contribution in [2.45, 2.75) is 6.18 Å². The van der Waals surface area contributed by atoms with Crippen LogP contribution >= 0.6 is 0 Å². The SMILES string of the molecule is Bc1ccc2c(-n3ncc(C(=O)Nc4cnc(N5N=CCN5)c(C#N)c4)c3C(F)(F)F)cccc2n1. The number of amides is 1. The molecule has 3 aromatic heterocycles. The summed E-state index contributed by atoms with van der Waals surface area (Å²) in [5, 5.41) is 21.5. The predicted molar refractivity (Wildman–Crippen MR) is 128 cm³/mol. The van der Waals surface area contributed by atoms with Gasteiger partial charge in [0.1, 0.15) is 11.6 Å². The minimum atomic E-state index is -4.90. The number of carbonyl (C=O) groups is 1. The Kier molecular flexibility index (Phi) is 5.61. The number of hydrogen-bond acceptors (Lipinski definition) is 8. The van der Waals surface area contributed by atoms with E-state index >= 15 is 0 Å². The maximum atomic E-state index is 14.2. The molecule has 0 saturated heterocycles. The molecule has 178 valence electrons. The first kappa shape index (κ1) is 23.0. The number of hydrogen-bond donors (Lipinski definition) is 2. The standard InChI is InChI=1S/C22H15BF3N9O/c23-18-5-4-14-16(33-18)2-1-3-17(14)34-19(22(24,25)26)15(11-31-34)21(36)32-13-8-12(9-27)20(28-10-13)35-29-6-7-30-35/h1-6,8,10-11,30H,7,23H2,(H,32,36). The molecule has 36 heavy (non-hydrogen) atoms. The number of nitriles is 1. The van der Waals surface area contributed by atoms with Gasteiger partial charge >= 0.3 is 6.18 Å². The van der Waals surface area contributed by atoms with Crippen LogP contribution in [0.15, 0.2) is 53.9 Å². The number of nitrogens with zero attached hydrogens (tertiary/aromatic N) is 7. The Morgan fingerprint density at radius 2 is 2.06 bits per heavy atom. The molecule has 0 atom stereocenters. The van der Waals surface area contributed by atoms with Crippen LogP contribution in [0.2, 0.25) is 0 Å². The third-order valence-corrected chi connectivity index (χ3v) is 5.33. The molecule has 0 radical (unpaired) electrons. The van der Waals surface area contributed by atoms with E-state index < -0.39 is 23.3 Å². The second kappa shape index (κ2) is 8.79. The number of anilines is 2. The summed E-state index contributed by atoms with van der Waals surface area (Å²) < 4.78 is 43.3. The normalized spacial score (nSPS) is 13.2. The minimum absolute atomic E-state index is 0.0363. The van der Waals surface area contributed by atoms with Crippen molar-refractivity contribution in [1.82, 2.24) is 25.2 Å². The first-order chi connectivity index (χ1) is 17.3. The number of aromatic nitrogens is 4. The first-order valence-corrected chi connectivity index (χ1v) is 10.6. The molecule has 1 aliphatic rings. The monoisotopic (exact) mass is 489 g/mol. The van der Waals surface area contributed by atoms with Crippen molar-refractivity contribution >= 4 is 48.0 Å². The van der Waals surface area contributed by atoms with Crippen LogP contribution < -0.4 is 21.5 Å². The Morgan fingerprint density at radius 1 is 1.22 bits per heavy atom. The summed E-state index contributed by atoms with van der Waals surface area (Å²) in [6, 6.07) is 11.3. The third kappa shape index (κ3) is 4.12. The molecule has 0 fully saturated rings. The lowest BCUT2D eigenvalue weighted by Gasteiger charge is -2.16. The molecule has 1 amide bonds. The van der Waals surface area contributed by atoms with E-state index in [4.69, 9.17) is 0 Å². The van der Waals surface area contributed by atoms with Gasteiger partial charge in [-0.3, -0.25) is 9.78 Å². The number of alkyl halides is 3. The number of hydrazone groups is 1. The molecule has 2 N–H and O–H groups in total. The second-order valence-electron chi connectivity index (χ2n) is 7.75. The van der Waals surface area contributed by atoms with Gasteiger partial charge in [-0.1, -0.05) is 12.1 Å². The Morgan fingerprint density at radius 3 is 2.78 bits per heavy atom. The van der Waals surface area contributed by atoms with Gasteiger partial charge in [0.15, 0.2) is 19.4 Å². The summed E-state index contributed by atoms with van der Waals surface area (Å²) in [7, 11) is 1.78. The Balaban J connectivity index is 1.53. The molecule has 1 aliphatic heterocycles. The van der Waals surface area contributed by atoms with E-state index in [1.165, 1.54) is 23.4 Å². The molecule has 5 rings (SSSR count). The lowest BCUT2D eigenvalue weighted by atomic mass is 10.0. The molecular weight excluding hydrogens is 474 g/mol. The number of hydrazine groups is 1. The van der Waals surface area contributed by atoms with Gasteiger partial charge in [-0.2, -0.15) is 33.8 Å². The Hall–Kier alpha value is -4.77. The lowest BCUT2D eigenvalue weighted by Crippen LogP contribution is -2.29. The molecule has 0 saturated carbocycles. The predicted octanol–water partition coefficient (Wildman–Crippen LogP) is 1.53. The Labute approximate surface area is 202 Å². The zero-order chi connectivity index (χ0) is 25.4. The summed E-state index contributed by atoms with van der Waals surface area (Å²) in [6.45, 7) is 0.446. The van der Waals surface area contributed by atoms with Crippen LogP contribution in [-0.2, 0) is 6.18 Å². The number of halogens is 3. The molecular formula is C22H15BF3N9O. The van der Waals surface area contributed by atoms with Crippen molar-refractivity contribution in [2.24, 2.45) is 5.10 Å². The van der Waals surface area contributed by atoms with Crippen molar-refractivity contribution in [3.8, 4) is 11.8 Å². The highest BCUT2D eigenvalue weighted by Gasteiger charge is 2.41. The van der Waals surface area contributed by atoms with Gasteiger partial charge in [0.25, 0.3) is 5.91 Å². The van der Waals surface area contributed by atoms with Crippen LogP contribution in [0, 0.1) is 11.3 Å². The van der Waals surface area contributed by atoms with E-state index in [0.29, 0.717) is 27.7 Å². The molecule has 4 aromatic rings. The van der Waals surface area contributed by atoms with Crippen LogP contribution in [-0.4, -0.2) is 46.3 Å². The van der Waals surface area contributed by atoms with Crippen LogP contribution in [0.25, 0.3) is 16.6 Å². The van der Waals surface area contributed by atoms with Crippen molar-refractivity contribution in [2.75, 3.05) is 17.0 Å². The van der Waals surface area contributed by atoms with Gasteiger partial charge < -0.3 is 5.32 Å². The molecule has 0 spiro atoms. The second-order valence-corrected chi connectivity index (χ2v) is 7.75. The van der Waals surface area contributed by atoms with Crippen LogP contribution in [0.1, 0.15) is 21.6 Å². The van der Waals surface area contributed by atoms with E-state index in [1.807, 2.05) is 6.07 Å². The molecule has 10 nitrogen and oxygen atoms in total. The number of carbonyl (C=O) groups excluding carboxylic acids is 1. The Bertz CT molecular complexity index is 1580. The fourth-order valence-corrected chi connectivity index (χ4v) is 3.79. The average Bonchev–Trinajstić information content (AvgIpc) is 3.54. The molecule has 4 heterocycles. The molecule has 0 bridgehead atoms. The topological polar surface area (TPSA) is 124 Å². The summed E-state index contributed by atoms with van der Waals surface area (Å²) in [5.74, 6) is -0.869. The fraction of sp³-hybridized carbons (Fsp3) is 0.0909. The summed E-state index contributed by atoms with van der Waals surface area (Å²) in [4.78, 5) is 21.4. The highest BCUT2D eigenvalue weighted by Crippen LogP contribution is 2.35. The number of rotatable bonds is 4. The van der Waals surface area contributed by atoms with E-state index in [0.717, 1.165) is 6.20 Å².